The van der Waals surface area contributed by atoms with Crippen molar-refractivity contribution in [2.75, 3.05) is 20.0 Å². The van der Waals surface area contributed by atoms with Crippen molar-refractivity contribution in [2.45, 2.75) is 36.3 Å². The molecule has 0 spiro atoms. The lowest BCUT2D eigenvalue weighted by molar-refractivity contribution is -0.141. The number of amides is 1. The zero-order chi connectivity index (χ0) is 15.9. The van der Waals surface area contributed by atoms with Gasteiger partial charge in [-0.2, -0.15) is 0 Å². The van der Waals surface area contributed by atoms with Crippen molar-refractivity contribution in [3.8, 4) is 0 Å². The van der Waals surface area contributed by atoms with Gasteiger partial charge in [-0.25, -0.2) is 0 Å². The van der Waals surface area contributed by atoms with Crippen LogP contribution in [0.5, 0.6) is 0 Å². The molecule has 1 aliphatic rings. The molecular formula is C16H21NO4S. The number of nitrogens with one attached hydrogen (secondary N) is 1. The first-order chi connectivity index (χ1) is 10.6. The van der Waals surface area contributed by atoms with E-state index in [1.807, 2.05) is 30.5 Å². The summed E-state index contributed by atoms with van der Waals surface area (Å²) in [6.45, 7) is 0.613. The monoisotopic (exact) mass is 323 g/mol. The molecule has 1 amide bonds. The van der Waals surface area contributed by atoms with Crippen LogP contribution >= 0.6 is 11.8 Å². The molecule has 6 heteroatoms. The zero-order valence-corrected chi connectivity index (χ0v) is 13.7. The van der Waals surface area contributed by atoms with Crippen LogP contribution in [-0.4, -0.2) is 38.0 Å². The van der Waals surface area contributed by atoms with Gasteiger partial charge in [-0.05, 0) is 36.8 Å². The molecule has 1 aromatic carbocycles. The Labute approximate surface area is 134 Å². The Kier molecular flexibility index (Phi) is 6.27. The summed E-state index contributed by atoms with van der Waals surface area (Å²) < 4.78 is 10.1. The summed E-state index contributed by atoms with van der Waals surface area (Å²) in [5.41, 5.74) is 0.884. The SMILES string of the molecule is COC(=O)C[C@@H](NC(=O)[C@H]1CCCO1)c1ccc(SC)cc1. The van der Waals surface area contributed by atoms with Gasteiger partial charge in [-0.15, -0.1) is 11.8 Å². The second-order valence-corrected chi connectivity index (χ2v) is 6.00. The molecular weight excluding hydrogens is 302 g/mol. The van der Waals surface area contributed by atoms with E-state index in [-0.39, 0.29) is 18.3 Å². The predicted molar refractivity (Wildman–Crippen MR) is 84.7 cm³/mol. The van der Waals surface area contributed by atoms with E-state index in [9.17, 15) is 9.59 Å². The molecule has 22 heavy (non-hydrogen) atoms. The average Bonchev–Trinajstić information content (AvgIpc) is 3.08. The van der Waals surface area contributed by atoms with Crippen LogP contribution in [0.3, 0.4) is 0 Å². The highest BCUT2D eigenvalue weighted by Gasteiger charge is 2.27. The van der Waals surface area contributed by atoms with Crippen molar-refractivity contribution < 1.29 is 19.1 Å². The Morgan fingerprint density at radius 1 is 1.41 bits per heavy atom. The molecule has 120 valence electrons. The molecule has 1 heterocycles. The van der Waals surface area contributed by atoms with Crippen LogP contribution in [0.4, 0.5) is 0 Å². The third-order valence-corrected chi connectivity index (χ3v) is 4.40. The molecule has 0 unspecified atom stereocenters. The molecule has 1 saturated heterocycles. The minimum Gasteiger partial charge on any atom is -0.469 e. The van der Waals surface area contributed by atoms with E-state index in [4.69, 9.17) is 9.47 Å². The molecule has 1 aliphatic heterocycles. The average molecular weight is 323 g/mol. The molecule has 0 bridgehead atoms. The zero-order valence-electron chi connectivity index (χ0n) is 12.8. The standard InChI is InChI=1S/C16H21NO4S/c1-20-15(18)10-13(11-5-7-12(22-2)8-6-11)17-16(19)14-4-3-9-21-14/h5-8,13-14H,3-4,9-10H2,1-2H3,(H,17,19)/t13-,14-/m1/s1. The van der Waals surface area contributed by atoms with Gasteiger partial charge in [0.05, 0.1) is 19.6 Å². The van der Waals surface area contributed by atoms with Gasteiger partial charge in [-0.1, -0.05) is 12.1 Å². The third-order valence-electron chi connectivity index (χ3n) is 3.66. The Hall–Kier alpha value is -1.53. The molecule has 5 nitrogen and oxygen atoms in total. The van der Waals surface area contributed by atoms with Gasteiger partial charge >= 0.3 is 5.97 Å². The van der Waals surface area contributed by atoms with Gasteiger partial charge in [0, 0.05) is 11.5 Å². The normalized spacial score (nSPS) is 18.7. The number of hydrogen-bond donors (Lipinski definition) is 1. The summed E-state index contributed by atoms with van der Waals surface area (Å²) in [5, 5.41) is 2.91. The van der Waals surface area contributed by atoms with Gasteiger partial charge in [0.2, 0.25) is 5.91 Å². The highest BCUT2D eigenvalue weighted by atomic mass is 32.2. The summed E-state index contributed by atoms with van der Waals surface area (Å²) in [5.74, 6) is -0.521. The molecule has 2 rings (SSSR count). The number of rotatable bonds is 6. The second kappa shape index (κ2) is 8.19. The fraction of sp³-hybridized carbons (Fsp3) is 0.500. The van der Waals surface area contributed by atoms with Crippen molar-refractivity contribution in [1.82, 2.24) is 5.32 Å². The Bertz CT molecular complexity index is 511. The Morgan fingerprint density at radius 2 is 2.14 bits per heavy atom. The summed E-state index contributed by atoms with van der Waals surface area (Å²) in [7, 11) is 1.35. The lowest BCUT2D eigenvalue weighted by Crippen LogP contribution is -2.37. The summed E-state index contributed by atoms with van der Waals surface area (Å²) in [6, 6.07) is 7.40. The van der Waals surface area contributed by atoms with Crippen molar-refractivity contribution in [1.29, 1.82) is 0 Å². The highest BCUT2D eigenvalue weighted by molar-refractivity contribution is 7.98. The number of ether oxygens (including phenoxy) is 2. The fourth-order valence-corrected chi connectivity index (χ4v) is 2.80. The topological polar surface area (TPSA) is 64.6 Å². The Morgan fingerprint density at radius 3 is 2.68 bits per heavy atom. The molecule has 0 aliphatic carbocycles. The third kappa shape index (κ3) is 4.48. The van der Waals surface area contributed by atoms with E-state index in [1.54, 1.807) is 11.8 Å². The van der Waals surface area contributed by atoms with Crippen LogP contribution in [0.15, 0.2) is 29.2 Å². The highest BCUT2D eigenvalue weighted by Crippen LogP contribution is 2.23. The molecule has 0 aromatic heterocycles. The van der Waals surface area contributed by atoms with Gasteiger partial charge in [0.1, 0.15) is 6.10 Å². The van der Waals surface area contributed by atoms with Crippen molar-refractivity contribution in [3.63, 3.8) is 0 Å². The summed E-state index contributed by atoms with van der Waals surface area (Å²) in [6.07, 6.45) is 3.31. The first-order valence-corrected chi connectivity index (χ1v) is 8.49. The van der Waals surface area contributed by atoms with Gasteiger partial charge in [0.25, 0.3) is 0 Å². The van der Waals surface area contributed by atoms with Crippen LogP contribution < -0.4 is 5.32 Å². The first kappa shape index (κ1) is 16.8. The lowest BCUT2D eigenvalue weighted by Gasteiger charge is -2.20. The van der Waals surface area contributed by atoms with Crippen LogP contribution in [0.2, 0.25) is 0 Å². The second-order valence-electron chi connectivity index (χ2n) is 5.12. The molecule has 0 radical (unpaired) electrons. The predicted octanol–water partition coefficient (Wildman–Crippen LogP) is 2.31. The van der Waals surface area contributed by atoms with E-state index >= 15 is 0 Å². The quantitative estimate of drug-likeness (QED) is 0.643. The van der Waals surface area contributed by atoms with Gasteiger partial charge in [0.15, 0.2) is 0 Å². The maximum Gasteiger partial charge on any atom is 0.307 e. The number of hydrogen-bond acceptors (Lipinski definition) is 5. The minimum atomic E-state index is -0.411. The number of carbonyl (C=O) groups is 2. The van der Waals surface area contributed by atoms with Crippen LogP contribution in [0, 0.1) is 0 Å². The van der Waals surface area contributed by atoms with E-state index in [1.165, 1.54) is 7.11 Å². The summed E-state index contributed by atoms with van der Waals surface area (Å²) in [4.78, 5) is 25.0. The molecule has 1 aromatic rings. The number of methoxy groups -OCH3 is 1. The summed E-state index contributed by atoms with van der Waals surface area (Å²) >= 11 is 1.64. The number of esters is 1. The van der Waals surface area contributed by atoms with Crippen LogP contribution in [0.1, 0.15) is 30.9 Å². The molecule has 0 saturated carbocycles. The fourth-order valence-electron chi connectivity index (χ4n) is 2.39. The van der Waals surface area contributed by atoms with Gasteiger partial charge < -0.3 is 14.8 Å². The number of thioether (sulfide) groups is 1. The van der Waals surface area contributed by atoms with E-state index < -0.39 is 12.1 Å². The molecule has 1 N–H and O–H groups in total. The lowest BCUT2D eigenvalue weighted by atomic mass is 10.0. The van der Waals surface area contributed by atoms with Crippen molar-refractivity contribution >= 4 is 23.6 Å². The van der Waals surface area contributed by atoms with Crippen molar-refractivity contribution in [3.05, 3.63) is 29.8 Å². The van der Waals surface area contributed by atoms with Crippen LogP contribution in [-0.2, 0) is 19.1 Å². The smallest absolute Gasteiger partial charge is 0.307 e. The largest absolute Gasteiger partial charge is 0.469 e. The Balaban J connectivity index is 2.10. The minimum absolute atomic E-state index is 0.105. The number of carbonyl (C=O) groups excluding carboxylic acids is 2. The van der Waals surface area contributed by atoms with E-state index in [0.29, 0.717) is 6.61 Å². The molecule has 2 atom stereocenters. The van der Waals surface area contributed by atoms with E-state index in [2.05, 4.69) is 5.32 Å². The first-order valence-electron chi connectivity index (χ1n) is 7.26. The van der Waals surface area contributed by atoms with Crippen LogP contribution in [0.25, 0.3) is 0 Å². The van der Waals surface area contributed by atoms with Crippen molar-refractivity contribution in [2.24, 2.45) is 0 Å². The van der Waals surface area contributed by atoms with E-state index in [0.717, 1.165) is 23.3 Å². The van der Waals surface area contributed by atoms with Gasteiger partial charge in [-0.3, -0.25) is 9.59 Å². The maximum atomic E-state index is 12.2. The maximum absolute atomic E-state index is 12.2. The number of benzene rings is 1. The molecule has 1 fully saturated rings.